The molecule has 0 bridgehead atoms. The van der Waals surface area contributed by atoms with E-state index >= 15 is 0 Å². The fourth-order valence-electron chi connectivity index (χ4n) is 1.99. The van der Waals surface area contributed by atoms with Gasteiger partial charge in [-0.2, -0.15) is 0 Å². The number of rotatable bonds is 7. The molecule has 0 aliphatic heterocycles. The van der Waals surface area contributed by atoms with Crippen LogP contribution in [0.3, 0.4) is 0 Å². The van der Waals surface area contributed by atoms with Gasteiger partial charge in [0, 0.05) is 18.6 Å². The lowest BCUT2D eigenvalue weighted by atomic mass is 9.96. The molecule has 6 heteroatoms. The van der Waals surface area contributed by atoms with Crippen LogP contribution < -0.4 is 11.1 Å². The van der Waals surface area contributed by atoms with Crippen molar-refractivity contribution in [3.05, 3.63) is 29.6 Å². The minimum atomic E-state index is -1.12. The normalized spacial score (nSPS) is 12.2. The van der Waals surface area contributed by atoms with E-state index in [0.717, 1.165) is 12.8 Å². The van der Waals surface area contributed by atoms with Crippen molar-refractivity contribution >= 4 is 11.6 Å². The highest BCUT2D eigenvalue weighted by Gasteiger charge is 2.15. The Hall–Kier alpha value is -1.56. The first-order valence-electron chi connectivity index (χ1n) is 6.62. The molecule has 1 aromatic rings. The number of nitrogens with one attached hydrogen (secondary N) is 1. The summed E-state index contributed by atoms with van der Waals surface area (Å²) in [5.74, 6) is -3.44. The molecule has 1 atom stereocenters. The molecule has 1 aromatic carbocycles. The molecule has 0 fully saturated rings. The van der Waals surface area contributed by atoms with Gasteiger partial charge in [0.1, 0.15) is 11.5 Å². The van der Waals surface area contributed by atoms with E-state index in [2.05, 4.69) is 5.32 Å². The second-order valence-electron chi connectivity index (χ2n) is 4.68. The lowest BCUT2D eigenvalue weighted by Crippen LogP contribution is -2.16. The van der Waals surface area contributed by atoms with E-state index in [0.29, 0.717) is 31.0 Å². The summed E-state index contributed by atoms with van der Waals surface area (Å²) >= 11 is 0. The summed E-state index contributed by atoms with van der Waals surface area (Å²) in [6.07, 6.45) is 2.45. The Bertz CT molecular complexity index is 443. The number of hydrogen-bond donors (Lipinski definition) is 2. The Balaban J connectivity index is 2.59. The van der Waals surface area contributed by atoms with Crippen LogP contribution in [0.1, 0.15) is 32.6 Å². The van der Waals surface area contributed by atoms with E-state index in [1.165, 1.54) is 0 Å². The van der Waals surface area contributed by atoms with Gasteiger partial charge in [0.05, 0.1) is 0 Å². The van der Waals surface area contributed by atoms with Gasteiger partial charge in [-0.15, -0.1) is 0 Å². The Morgan fingerprint density at radius 1 is 1.25 bits per heavy atom. The SMILES string of the molecule is CCC(CCN)CCC(=O)Nc1c(F)cc(F)cc1F. The number of amides is 1. The van der Waals surface area contributed by atoms with Crippen molar-refractivity contribution in [3.63, 3.8) is 0 Å². The molecule has 0 saturated carbocycles. The van der Waals surface area contributed by atoms with Crippen LogP contribution in [0.15, 0.2) is 12.1 Å². The highest BCUT2D eigenvalue weighted by molar-refractivity contribution is 5.90. The van der Waals surface area contributed by atoms with Gasteiger partial charge in [0.25, 0.3) is 0 Å². The van der Waals surface area contributed by atoms with E-state index in [-0.39, 0.29) is 6.42 Å². The summed E-state index contributed by atoms with van der Waals surface area (Å²) in [5, 5.41) is 2.14. The maximum atomic E-state index is 13.3. The molecule has 1 amide bonds. The lowest BCUT2D eigenvalue weighted by molar-refractivity contribution is -0.116. The molecule has 0 radical (unpaired) electrons. The van der Waals surface area contributed by atoms with Crippen molar-refractivity contribution in [2.75, 3.05) is 11.9 Å². The van der Waals surface area contributed by atoms with Gasteiger partial charge in [-0.1, -0.05) is 13.3 Å². The average molecular weight is 288 g/mol. The molecule has 0 aromatic heterocycles. The molecule has 1 rings (SSSR count). The first kappa shape index (κ1) is 16.5. The minimum absolute atomic E-state index is 0.148. The standard InChI is InChI=1S/C14H19F3N2O/c1-2-9(5-6-18)3-4-13(20)19-14-11(16)7-10(15)8-12(14)17/h7-9H,2-6,18H2,1H3,(H,19,20). The van der Waals surface area contributed by atoms with Gasteiger partial charge in [0.2, 0.25) is 5.91 Å². The maximum Gasteiger partial charge on any atom is 0.224 e. The number of carbonyl (C=O) groups is 1. The summed E-state index contributed by atoms with van der Waals surface area (Å²) in [4.78, 5) is 11.7. The molecule has 20 heavy (non-hydrogen) atoms. The van der Waals surface area contributed by atoms with Crippen molar-refractivity contribution in [1.29, 1.82) is 0 Å². The summed E-state index contributed by atoms with van der Waals surface area (Å²) in [6.45, 7) is 2.54. The van der Waals surface area contributed by atoms with Gasteiger partial charge in [-0.3, -0.25) is 4.79 Å². The molecule has 0 spiro atoms. The van der Waals surface area contributed by atoms with Crippen molar-refractivity contribution in [1.82, 2.24) is 0 Å². The molecule has 0 heterocycles. The molecule has 3 N–H and O–H groups in total. The van der Waals surface area contributed by atoms with Gasteiger partial charge in [-0.25, -0.2) is 13.2 Å². The zero-order chi connectivity index (χ0) is 15.1. The maximum absolute atomic E-state index is 13.3. The lowest BCUT2D eigenvalue weighted by Gasteiger charge is -2.13. The van der Waals surface area contributed by atoms with Crippen LogP contribution in [-0.4, -0.2) is 12.5 Å². The number of benzene rings is 1. The third-order valence-electron chi connectivity index (χ3n) is 3.20. The summed E-state index contributed by atoms with van der Waals surface area (Å²) in [5.41, 5.74) is 4.85. The van der Waals surface area contributed by atoms with Crippen molar-refractivity contribution in [2.45, 2.75) is 32.6 Å². The van der Waals surface area contributed by atoms with Crippen LogP contribution in [-0.2, 0) is 4.79 Å². The van der Waals surface area contributed by atoms with Crippen LogP contribution in [0.4, 0.5) is 18.9 Å². The van der Waals surface area contributed by atoms with Crippen molar-refractivity contribution in [3.8, 4) is 0 Å². The predicted molar refractivity (Wildman–Crippen MR) is 71.6 cm³/mol. The Morgan fingerprint density at radius 2 is 1.85 bits per heavy atom. The highest BCUT2D eigenvalue weighted by Crippen LogP contribution is 2.21. The second kappa shape index (κ2) is 7.89. The van der Waals surface area contributed by atoms with Crippen LogP contribution in [0.2, 0.25) is 0 Å². The van der Waals surface area contributed by atoms with Gasteiger partial charge < -0.3 is 11.1 Å². The zero-order valence-electron chi connectivity index (χ0n) is 11.4. The number of nitrogens with two attached hydrogens (primary N) is 1. The fraction of sp³-hybridized carbons (Fsp3) is 0.500. The Morgan fingerprint density at radius 3 is 2.35 bits per heavy atom. The van der Waals surface area contributed by atoms with Crippen LogP contribution in [0, 0.1) is 23.4 Å². The minimum Gasteiger partial charge on any atom is -0.330 e. The van der Waals surface area contributed by atoms with Gasteiger partial charge in [-0.05, 0) is 25.3 Å². The Kier molecular flexibility index (Phi) is 6.51. The molecule has 0 aliphatic carbocycles. The topological polar surface area (TPSA) is 55.1 Å². The summed E-state index contributed by atoms with van der Waals surface area (Å²) < 4.78 is 39.4. The molecule has 0 aliphatic rings. The number of halogens is 3. The zero-order valence-corrected chi connectivity index (χ0v) is 11.4. The summed E-state index contributed by atoms with van der Waals surface area (Å²) in [7, 11) is 0. The van der Waals surface area contributed by atoms with E-state index < -0.39 is 29.0 Å². The molecular weight excluding hydrogens is 269 g/mol. The van der Waals surface area contributed by atoms with Crippen LogP contribution >= 0.6 is 0 Å². The van der Waals surface area contributed by atoms with Gasteiger partial charge in [0.15, 0.2) is 11.6 Å². The smallest absolute Gasteiger partial charge is 0.224 e. The van der Waals surface area contributed by atoms with E-state index in [1.54, 1.807) is 0 Å². The van der Waals surface area contributed by atoms with Crippen LogP contribution in [0.25, 0.3) is 0 Å². The van der Waals surface area contributed by atoms with E-state index in [4.69, 9.17) is 5.73 Å². The Labute approximate surface area is 116 Å². The largest absolute Gasteiger partial charge is 0.330 e. The summed E-state index contributed by atoms with van der Waals surface area (Å²) in [6, 6.07) is 1.06. The first-order valence-corrected chi connectivity index (χ1v) is 6.62. The second-order valence-corrected chi connectivity index (χ2v) is 4.68. The van der Waals surface area contributed by atoms with Crippen LogP contribution in [0.5, 0.6) is 0 Å². The van der Waals surface area contributed by atoms with E-state index in [9.17, 15) is 18.0 Å². The third-order valence-corrected chi connectivity index (χ3v) is 3.20. The number of carbonyl (C=O) groups excluding carboxylic acids is 1. The quantitative estimate of drug-likeness (QED) is 0.809. The average Bonchev–Trinajstić information content (AvgIpc) is 2.38. The predicted octanol–water partition coefficient (Wildman–Crippen LogP) is 3.20. The fourth-order valence-corrected chi connectivity index (χ4v) is 1.99. The first-order chi connectivity index (χ1) is 9.47. The molecule has 3 nitrogen and oxygen atoms in total. The molecular formula is C14H19F3N2O. The van der Waals surface area contributed by atoms with E-state index in [1.807, 2.05) is 6.92 Å². The third kappa shape index (κ3) is 4.85. The van der Waals surface area contributed by atoms with Gasteiger partial charge >= 0.3 is 0 Å². The van der Waals surface area contributed by atoms with Crippen molar-refractivity contribution in [2.24, 2.45) is 11.7 Å². The van der Waals surface area contributed by atoms with Crippen molar-refractivity contribution < 1.29 is 18.0 Å². The monoisotopic (exact) mass is 288 g/mol. The molecule has 1 unspecified atom stereocenters. The highest BCUT2D eigenvalue weighted by atomic mass is 19.1. The number of anilines is 1. The number of hydrogen-bond acceptors (Lipinski definition) is 2. The molecule has 112 valence electrons. The molecule has 0 saturated heterocycles.